The predicted molar refractivity (Wildman–Crippen MR) is 132 cm³/mol. The number of para-hydroxylation sites is 2. The number of fused-ring (bicyclic) bond motifs is 1. The number of carbonyl (C=O) groups excluding carboxylic acids is 2. The van der Waals surface area contributed by atoms with Crippen LogP contribution in [0.15, 0.2) is 42.5 Å². The predicted octanol–water partition coefficient (Wildman–Crippen LogP) is 2.53. The monoisotopic (exact) mass is 495 g/mol. The van der Waals surface area contributed by atoms with Crippen molar-refractivity contribution in [3.8, 4) is 23.0 Å². The number of nitrogens with zero attached hydrogens (tertiary/aromatic N) is 3. The standard InChI is InChI=1S/C27H33N3O6/c1-33-22-4-2-3-5-23(22)34-18-27(32)30(21-7-8-21)11-10-26(31)29-14-12-28(13-15-29)17-20-6-9-24-25(16-20)36-19-35-24/h2-6,9,16,21H,7-8,10-15,17-19H2,1H3. The molecule has 36 heavy (non-hydrogen) atoms. The molecule has 0 unspecified atom stereocenters. The van der Waals surface area contributed by atoms with E-state index < -0.39 is 0 Å². The number of methoxy groups -OCH3 is 1. The van der Waals surface area contributed by atoms with Gasteiger partial charge < -0.3 is 28.7 Å². The first kappa shape index (κ1) is 24.2. The number of amides is 2. The molecule has 0 radical (unpaired) electrons. The lowest BCUT2D eigenvalue weighted by molar-refractivity contribution is -0.137. The highest BCUT2D eigenvalue weighted by molar-refractivity contribution is 5.80. The summed E-state index contributed by atoms with van der Waals surface area (Å²) in [5.74, 6) is 2.73. The Labute approximate surface area is 211 Å². The summed E-state index contributed by atoms with van der Waals surface area (Å²) in [6.07, 6.45) is 2.29. The quantitative estimate of drug-likeness (QED) is 0.501. The third-order valence-electron chi connectivity index (χ3n) is 6.86. The largest absolute Gasteiger partial charge is 0.493 e. The fourth-order valence-corrected chi connectivity index (χ4v) is 4.68. The molecule has 0 bridgehead atoms. The van der Waals surface area contributed by atoms with Gasteiger partial charge >= 0.3 is 0 Å². The van der Waals surface area contributed by atoms with Crippen LogP contribution < -0.4 is 18.9 Å². The molecular weight excluding hydrogens is 462 g/mol. The highest BCUT2D eigenvalue weighted by atomic mass is 16.7. The minimum absolute atomic E-state index is 0.0659. The maximum absolute atomic E-state index is 12.9. The summed E-state index contributed by atoms with van der Waals surface area (Å²) >= 11 is 0. The first-order chi connectivity index (χ1) is 17.6. The topological polar surface area (TPSA) is 80.8 Å². The van der Waals surface area contributed by atoms with Crippen LogP contribution in [-0.4, -0.2) is 85.8 Å². The van der Waals surface area contributed by atoms with E-state index in [0.717, 1.165) is 44.0 Å². The van der Waals surface area contributed by atoms with Crippen molar-refractivity contribution < 1.29 is 28.5 Å². The van der Waals surface area contributed by atoms with Crippen molar-refractivity contribution >= 4 is 11.8 Å². The lowest BCUT2D eigenvalue weighted by atomic mass is 10.1. The van der Waals surface area contributed by atoms with Gasteiger partial charge in [0, 0.05) is 51.7 Å². The highest BCUT2D eigenvalue weighted by Crippen LogP contribution is 2.33. The second-order valence-electron chi connectivity index (χ2n) is 9.35. The molecule has 192 valence electrons. The van der Waals surface area contributed by atoms with Gasteiger partial charge in [0.1, 0.15) is 0 Å². The van der Waals surface area contributed by atoms with Gasteiger partial charge in [0.2, 0.25) is 12.7 Å². The van der Waals surface area contributed by atoms with E-state index in [4.69, 9.17) is 18.9 Å². The Morgan fingerprint density at radius 3 is 2.50 bits per heavy atom. The summed E-state index contributed by atoms with van der Waals surface area (Å²) in [7, 11) is 1.57. The van der Waals surface area contributed by atoms with Crippen molar-refractivity contribution in [2.24, 2.45) is 0 Å². The number of benzene rings is 2. The van der Waals surface area contributed by atoms with Gasteiger partial charge in [-0.05, 0) is 42.7 Å². The zero-order valence-electron chi connectivity index (χ0n) is 20.7. The third-order valence-corrected chi connectivity index (χ3v) is 6.86. The van der Waals surface area contributed by atoms with Gasteiger partial charge in [-0.25, -0.2) is 0 Å². The maximum Gasteiger partial charge on any atom is 0.260 e. The van der Waals surface area contributed by atoms with E-state index in [1.807, 2.05) is 34.1 Å². The molecule has 5 rings (SSSR count). The van der Waals surface area contributed by atoms with E-state index in [1.54, 1.807) is 19.2 Å². The van der Waals surface area contributed by atoms with Crippen LogP contribution in [0.4, 0.5) is 0 Å². The van der Waals surface area contributed by atoms with Crippen LogP contribution in [0.1, 0.15) is 24.8 Å². The molecule has 9 nitrogen and oxygen atoms in total. The van der Waals surface area contributed by atoms with Crippen LogP contribution in [-0.2, 0) is 16.1 Å². The summed E-state index contributed by atoms with van der Waals surface area (Å²) in [6, 6.07) is 13.5. The van der Waals surface area contributed by atoms with Gasteiger partial charge in [0.15, 0.2) is 29.6 Å². The van der Waals surface area contributed by atoms with Crippen LogP contribution in [0.2, 0.25) is 0 Å². The SMILES string of the molecule is COc1ccccc1OCC(=O)N(CCC(=O)N1CCN(Cc2ccc3c(c2)OCO3)CC1)C1CC1. The maximum atomic E-state index is 12.9. The molecule has 1 saturated carbocycles. The molecule has 0 spiro atoms. The summed E-state index contributed by atoms with van der Waals surface area (Å²) in [4.78, 5) is 31.9. The smallest absolute Gasteiger partial charge is 0.260 e. The highest BCUT2D eigenvalue weighted by Gasteiger charge is 2.33. The van der Waals surface area contributed by atoms with Gasteiger partial charge in [0.05, 0.1) is 7.11 Å². The van der Waals surface area contributed by atoms with Crippen molar-refractivity contribution in [1.82, 2.24) is 14.7 Å². The van der Waals surface area contributed by atoms with Crippen LogP contribution in [0, 0.1) is 0 Å². The molecule has 2 amide bonds. The Kier molecular flexibility index (Phi) is 7.46. The first-order valence-electron chi connectivity index (χ1n) is 12.5. The number of rotatable bonds is 10. The van der Waals surface area contributed by atoms with Crippen LogP contribution in [0.25, 0.3) is 0 Å². The molecule has 3 aliphatic rings. The van der Waals surface area contributed by atoms with Gasteiger partial charge in [-0.2, -0.15) is 0 Å². The van der Waals surface area contributed by atoms with Gasteiger partial charge in [-0.15, -0.1) is 0 Å². The second-order valence-corrected chi connectivity index (χ2v) is 9.35. The summed E-state index contributed by atoms with van der Waals surface area (Å²) in [5.41, 5.74) is 1.17. The molecule has 2 aromatic rings. The summed E-state index contributed by atoms with van der Waals surface area (Å²) in [5, 5.41) is 0. The van der Waals surface area contributed by atoms with Crippen molar-refractivity contribution in [1.29, 1.82) is 0 Å². The van der Waals surface area contributed by atoms with E-state index in [9.17, 15) is 9.59 Å². The number of carbonyl (C=O) groups is 2. The lowest BCUT2D eigenvalue weighted by Gasteiger charge is -2.35. The van der Waals surface area contributed by atoms with Crippen molar-refractivity contribution in [2.45, 2.75) is 31.8 Å². The van der Waals surface area contributed by atoms with E-state index in [0.29, 0.717) is 37.6 Å². The average molecular weight is 496 g/mol. The van der Waals surface area contributed by atoms with E-state index in [-0.39, 0.29) is 31.3 Å². The van der Waals surface area contributed by atoms with E-state index >= 15 is 0 Å². The molecule has 0 aromatic heterocycles. The zero-order valence-corrected chi connectivity index (χ0v) is 20.7. The second kappa shape index (κ2) is 11.1. The van der Waals surface area contributed by atoms with E-state index in [1.165, 1.54) is 5.56 Å². The van der Waals surface area contributed by atoms with Gasteiger partial charge in [0.25, 0.3) is 5.91 Å². The molecule has 0 N–H and O–H groups in total. The van der Waals surface area contributed by atoms with Crippen LogP contribution in [0.3, 0.4) is 0 Å². The molecule has 1 saturated heterocycles. The first-order valence-corrected chi connectivity index (χ1v) is 12.5. The van der Waals surface area contributed by atoms with Crippen molar-refractivity contribution in [3.63, 3.8) is 0 Å². The molecule has 9 heteroatoms. The minimum Gasteiger partial charge on any atom is -0.493 e. The number of hydrogen-bond donors (Lipinski definition) is 0. The summed E-state index contributed by atoms with van der Waals surface area (Å²) < 4.78 is 21.9. The lowest BCUT2D eigenvalue weighted by Crippen LogP contribution is -2.49. The number of hydrogen-bond acceptors (Lipinski definition) is 7. The molecule has 2 fully saturated rings. The van der Waals surface area contributed by atoms with Crippen LogP contribution >= 0.6 is 0 Å². The van der Waals surface area contributed by atoms with Gasteiger partial charge in [-0.3, -0.25) is 14.5 Å². The Balaban J connectivity index is 1.06. The Morgan fingerprint density at radius 1 is 1.00 bits per heavy atom. The zero-order chi connectivity index (χ0) is 24.9. The molecule has 1 aliphatic carbocycles. The number of piperazine rings is 1. The fourth-order valence-electron chi connectivity index (χ4n) is 4.68. The Hall–Kier alpha value is -3.46. The Bertz CT molecular complexity index is 1080. The van der Waals surface area contributed by atoms with Gasteiger partial charge in [-0.1, -0.05) is 18.2 Å². The normalized spacial score (nSPS) is 17.1. The Morgan fingerprint density at radius 2 is 1.75 bits per heavy atom. The average Bonchev–Trinajstić information content (AvgIpc) is 3.64. The molecular formula is C27H33N3O6. The molecule has 2 heterocycles. The third kappa shape index (κ3) is 5.84. The fraction of sp³-hybridized carbons (Fsp3) is 0.481. The van der Waals surface area contributed by atoms with Crippen LogP contribution in [0.5, 0.6) is 23.0 Å². The molecule has 2 aliphatic heterocycles. The van der Waals surface area contributed by atoms with Crippen molar-refractivity contribution in [2.75, 3.05) is 53.2 Å². The number of ether oxygens (including phenoxy) is 4. The molecule has 0 atom stereocenters. The van der Waals surface area contributed by atoms with Crippen molar-refractivity contribution in [3.05, 3.63) is 48.0 Å². The summed E-state index contributed by atoms with van der Waals surface area (Å²) in [6.45, 7) is 4.47. The minimum atomic E-state index is -0.0928. The van der Waals surface area contributed by atoms with E-state index in [2.05, 4.69) is 11.0 Å². The molecule has 2 aromatic carbocycles.